The molecule has 0 N–H and O–H groups in total. The zero-order valence-corrected chi connectivity index (χ0v) is 28.1. The topological polar surface area (TPSA) is 42.2 Å². The minimum absolute atomic E-state index is 0.874. The summed E-state index contributed by atoms with van der Waals surface area (Å²) in [5, 5.41) is 4.42. The predicted octanol–water partition coefficient (Wildman–Crippen LogP) is 13.2. The molecule has 4 heteroatoms. The van der Waals surface area contributed by atoms with Gasteiger partial charge in [-0.3, -0.25) is 0 Å². The third-order valence-corrected chi connectivity index (χ3v) is 9.84. The van der Waals surface area contributed by atoms with Gasteiger partial charge >= 0.3 is 0 Å². The van der Waals surface area contributed by atoms with Crippen molar-refractivity contribution in [2.45, 2.75) is 0 Å². The van der Waals surface area contributed by atoms with Crippen LogP contribution < -0.4 is 4.90 Å². The highest BCUT2D eigenvalue weighted by Crippen LogP contribution is 2.40. The van der Waals surface area contributed by atoms with E-state index < -0.39 is 0 Å². The van der Waals surface area contributed by atoms with Crippen LogP contribution in [0.15, 0.2) is 192 Å². The molecule has 0 spiro atoms. The third kappa shape index (κ3) is 5.17. The number of benzene rings is 8. The van der Waals surface area contributed by atoms with E-state index in [2.05, 4.69) is 157 Å². The number of rotatable bonds is 6. The lowest BCUT2D eigenvalue weighted by Crippen LogP contribution is -2.09. The zero-order valence-electron chi connectivity index (χ0n) is 28.1. The second kappa shape index (κ2) is 12.4. The van der Waals surface area contributed by atoms with Crippen LogP contribution in [0.1, 0.15) is 0 Å². The molecule has 0 bridgehead atoms. The molecule has 10 rings (SSSR count). The Morgan fingerprint density at radius 3 is 1.69 bits per heavy atom. The number of anilines is 3. The van der Waals surface area contributed by atoms with Gasteiger partial charge in [-0.1, -0.05) is 127 Å². The largest absolute Gasteiger partial charge is 0.456 e. The molecular weight excluding hydrogens is 635 g/mol. The maximum Gasteiger partial charge on any atom is 0.135 e. The van der Waals surface area contributed by atoms with Crippen molar-refractivity contribution < 1.29 is 4.42 Å². The summed E-state index contributed by atoms with van der Waals surface area (Å²) in [7, 11) is 0. The summed E-state index contributed by atoms with van der Waals surface area (Å²) in [6.07, 6.45) is 0. The number of hydrogen-bond acceptors (Lipinski definition) is 4. The van der Waals surface area contributed by atoms with Crippen LogP contribution in [0.5, 0.6) is 0 Å². The van der Waals surface area contributed by atoms with Crippen LogP contribution >= 0.6 is 0 Å². The fraction of sp³-hybridized carbons (Fsp3) is 0. The first-order chi connectivity index (χ1) is 25.8. The van der Waals surface area contributed by atoms with E-state index in [-0.39, 0.29) is 0 Å². The van der Waals surface area contributed by atoms with Crippen molar-refractivity contribution in [1.82, 2.24) is 9.97 Å². The highest BCUT2D eigenvalue weighted by molar-refractivity contribution is 6.08. The Balaban J connectivity index is 1.08. The number of hydrogen-bond donors (Lipinski definition) is 0. The first-order valence-corrected chi connectivity index (χ1v) is 17.5. The molecule has 2 heterocycles. The van der Waals surface area contributed by atoms with Crippen molar-refractivity contribution in [2.75, 3.05) is 4.90 Å². The van der Waals surface area contributed by atoms with Crippen LogP contribution in [0, 0.1) is 0 Å². The fourth-order valence-corrected chi connectivity index (χ4v) is 7.29. The minimum atomic E-state index is 0.874. The Hall–Kier alpha value is -7.04. The molecule has 8 aromatic carbocycles. The van der Waals surface area contributed by atoms with Crippen LogP contribution in [0.3, 0.4) is 0 Å². The van der Waals surface area contributed by atoms with Gasteiger partial charge in [-0.25, -0.2) is 9.97 Å². The van der Waals surface area contributed by atoms with Gasteiger partial charge < -0.3 is 9.32 Å². The van der Waals surface area contributed by atoms with Crippen molar-refractivity contribution >= 4 is 60.8 Å². The van der Waals surface area contributed by atoms with E-state index in [1.807, 2.05) is 36.4 Å². The summed E-state index contributed by atoms with van der Waals surface area (Å²) in [4.78, 5) is 12.9. The molecule has 0 fully saturated rings. The highest BCUT2D eigenvalue weighted by atomic mass is 16.3. The molecule has 0 atom stereocenters. The minimum Gasteiger partial charge on any atom is -0.456 e. The summed E-state index contributed by atoms with van der Waals surface area (Å²) in [6.45, 7) is 0. The third-order valence-electron chi connectivity index (χ3n) is 9.84. The molecule has 0 saturated heterocycles. The molecule has 244 valence electrons. The van der Waals surface area contributed by atoms with Crippen molar-refractivity contribution in [2.24, 2.45) is 0 Å². The van der Waals surface area contributed by atoms with E-state index in [1.165, 1.54) is 0 Å². The molecule has 4 nitrogen and oxygen atoms in total. The molecule has 0 saturated carbocycles. The lowest BCUT2D eigenvalue weighted by atomic mass is 9.99. The van der Waals surface area contributed by atoms with Gasteiger partial charge in [-0.15, -0.1) is 0 Å². The van der Waals surface area contributed by atoms with E-state index in [4.69, 9.17) is 14.4 Å². The lowest BCUT2D eigenvalue weighted by Gasteiger charge is -2.25. The molecule has 10 aromatic rings. The van der Waals surface area contributed by atoms with Crippen molar-refractivity contribution in [3.63, 3.8) is 0 Å². The van der Waals surface area contributed by atoms with E-state index in [1.54, 1.807) is 0 Å². The first-order valence-electron chi connectivity index (χ1n) is 17.5. The number of nitrogens with zero attached hydrogens (tertiary/aromatic N) is 3. The van der Waals surface area contributed by atoms with Crippen LogP contribution in [0.2, 0.25) is 0 Å². The van der Waals surface area contributed by atoms with Gasteiger partial charge in [0.05, 0.1) is 22.4 Å². The Labute approximate surface area is 300 Å². The maximum atomic E-state index is 6.15. The van der Waals surface area contributed by atoms with Crippen molar-refractivity contribution in [3.05, 3.63) is 188 Å². The van der Waals surface area contributed by atoms with Crippen LogP contribution in [-0.4, -0.2) is 9.97 Å². The summed E-state index contributed by atoms with van der Waals surface area (Å²) in [6, 6.07) is 65.5. The Morgan fingerprint density at radius 2 is 0.942 bits per heavy atom. The van der Waals surface area contributed by atoms with E-state index in [0.717, 1.165) is 94.4 Å². The fourth-order valence-electron chi connectivity index (χ4n) is 7.29. The maximum absolute atomic E-state index is 6.15. The second-order valence-corrected chi connectivity index (χ2v) is 13.0. The van der Waals surface area contributed by atoms with Gasteiger partial charge in [0.1, 0.15) is 11.2 Å². The Morgan fingerprint density at radius 1 is 0.365 bits per heavy atom. The standard InChI is InChI=1S/C48H31N3O/c1-4-12-34(13-5-1)46-47(35-14-6-2-7-15-35)50-48-41-30-36(21-20-33(41)24-28-43(48)49-46)32-22-25-38(26-23-32)51(37-16-8-3-9-17-37)39-27-29-45-42(31-39)40-18-10-11-19-44(40)52-45/h1-31H. The number of aromatic nitrogens is 2. The first kappa shape index (κ1) is 29.8. The summed E-state index contributed by atoms with van der Waals surface area (Å²) in [5.74, 6) is 0. The summed E-state index contributed by atoms with van der Waals surface area (Å²) >= 11 is 0. The van der Waals surface area contributed by atoms with E-state index >= 15 is 0 Å². The molecule has 0 unspecified atom stereocenters. The number of para-hydroxylation sites is 2. The molecule has 0 amide bonds. The molecule has 0 aliphatic heterocycles. The Bertz CT molecular complexity index is 2880. The molecule has 0 radical (unpaired) electrons. The normalized spacial score (nSPS) is 11.5. The van der Waals surface area contributed by atoms with Gasteiger partial charge in [0.15, 0.2) is 0 Å². The molecule has 2 aromatic heterocycles. The average molecular weight is 666 g/mol. The van der Waals surface area contributed by atoms with Crippen LogP contribution in [-0.2, 0) is 0 Å². The summed E-state index contributed by atoms with van der Waals surface area (Å²) < 4.78 is 6.15. The van der Waals surface area contributed by atoms with Crippen molar-refractivity contribution in [3.8, 4) is 33.6 Å². The van der Waals surface area contributed by atoms with Gasteiger partial charge in [-0.05, 0) is 77.2 Å². The van der Waals surface area contributed by atoms with Gasteiger partial charge in [0.25, 0.3) is 0 Å². The highest BCUT2D eigenvalue weighted by Gasteiger charge is 2.17. The average Bonchev–Trinajstić information content (AvgIpc) is 3.60. The number of fused-ring (bicyclic) bond motifs is 6. The SMILES string of the molecule is c1ccc(-c2nc3ccc4ccc(-c5ccc(N(c6ccccc6)c6ccc7oc8ccccc8c7c6)cc5)cc4c3nc2-c2ccccc2)cc1. The molecular formula is C48H31N3O. The van der Waals surface area contributed by atoms with Crippen LogP contribution in [0.25, 0.3) is 77.4 Å². The lowest BCUT2D eigenvalue weighted by molar-refractivity contribution is 0.669. The Kier molecular flexibility index (Phi) is 7.10. The quantitative estimate of drug-likeness (QED) is 0.166. The molecule has 52 heavy (non-hydrogen) atoms. The molecule has 0 aliphatic rings. The second-order valence-electron chi connectivity index (χ2n) is 13.0. The van der Waals surface area contributed by atoms with Crippen molar-refractivity contribution in [1.29, 1.82) is 0 Å². The smallest absolute Gasteiger partial charge is 0.135 e. The molecule has 0 aliphatic carbocycles. The van der Waals surface area contributed by atoms with Gasteiger partial charge in [0, 0.05) is 44.3 Å². The van der Waals surface area contributed by atoms with E-state index in [9.17, 15) is 0 Å². The van der Waals surface area contributed by atoms with Gasteiger partial charge in [-0.2, -0.15) is 0 Å². The number of furan rings is 1. The van der Waals surface area contributed by atoms with E-state index in [0.29, 0.717) is 0 Å². The summed E-state index contributed by atoms with van der Waals surface area (Å²) in [5.41, 5.74) is 12.9. The van der Waals surface area contributed by atoms with Gasteiger partial charge in [0.2, 0.25) is 0 Å². The van der Waals surface area contributed by atoms with Crippen LogP contribution in [0.4, 0.5) is 17.1 Å². The monoisotopic (exact) mass is 665 g/mol. The zero-order chi connectivity index (χ0) is 34.4. The predicted molar refractivity (Wildman–Crippen MR) is 215 cm³/mol.